The van der Waals surface area contributed by atoms with E-state index in [1.165, 1.54) is 0 Å². The molecule has 0 aromatic heterocycles. The molecule has 0 radical (unpaired) electrons. The summed E-state index contributed by atoms with van der Waals surface area (Å²) in [7, 11) is 0. The van der Waals surface area contributed by atoms with Gasteiger partial charge in [-0.3, -0.25) is 0 Å². The normalized spacial score (nSPS) is 21.5. The second kappa shape index (κ2) is 5.52. The highest BCUT2D eigenvalue weighted by molar-refractivity contribution is 4.51. The summed E-state index contributed by atoms with van der Waals surface area (Å²) in [6.07, 6.45) is 3.71. The van der Waals surface area contributed by atoms with Gasteiger partial charge in [0.2, 0.25) is 0 Å². The van der Waals surface area contributed by atoms with Crippen molar-refractivity contribution in [3.63, 3.8) is 0 Å². The molecule has 0 spiro atoms. The minimum atomic E-state index is -0.0651. The number of hydrogen-bond donors (Lipinski definition) is 1. The lowest BCUT2D eigenvalue weighted by Crippen LogP contribution is -2.15. The first-order chi connectivity index (χ1) is 5.43. The molecule has 0 unspecified atom stereocenters. The Morgan fingerprint density at radius 1 is 1.18 bits per heavy atom. The maximum absolute atomic E-state index is 8.56. The summed E-state index contributed by atoms with van der Waals surface area (Å²) >= 11 is 0. The van der Waals surface area contributed by atoms with Gasteiger partial charge in [0.1, 0.15) is 0 Å². The van der Waals surface area contributed by atoms with Crippen molar-refractivity contribution >= 4 is 0 Å². The van der Waals surface area contributed by atoms with Gasteiger partial charge in [0.15, 0.2) is 6.29 Å². The zero-order chi connectivity index (χ0) is 7.94. The molecule has 1 aliphatic heterocycles. The summed E-state index contributed by atoms with van der Waals surface area (Å²) in [4.78, 5) is 0. The lowest BCUT2D eigenvalue weighted by molar-refractivity contribution is -0.131. The van der Waals surface area contributed by atoms with Crippen molar-refractivity contribution < 1.29 is 14.6 Å². The van der Waals surface area contributed by atoms with Gasteiger partial charge < -0.3 is 14.6 Å². The molecule has 11 heavy (non-hydrogen) atoms. The van der Waals surface area contributed by atoms with Crippen molar-refractivity contribution in [2.75, 3.05) is 19.8 Å². The molecule has 1 saturated heterocycles. The van der Waals surface area contributed by atoms with Crippen LogP contribution in [0.1, 0.15) is 25.7 Å². The number of rotatable bonds is 3. The Labute approximate surface area is 67.3 Å². The van der Waals surface area contributed by atoms with Gasteiger partial charge in [-0.05, 0) is 19.3 Å². The van der Waals surface area contributed by atoms with Crippen LogP contribution in [0.5, 0.6) is 0 Å². The third-order valence-corrected chi connectivity index (χ3v) is 1.74. The van der Waals surface area contributed by atoms with Crippen molar-refractivity contribution in [2.45, 2.75) is 32.0 Å². The molecule has 0 aromatic rings. The molecule has 0 aromatic carbocycles. The predicted molar refractivity (Wildman–Crippen MR) is 41.2 cm³/mol. The van der Waals surface area contributed by atoms with Crippen LogP contribution in [0.15, 0.2) is 0 Å². The van der Waals surface area contributed by atoms with E-state index in [9.17, 15) is 0 Å². The Kier molecular flexibility index (Phi) is 4.50. The van der Waals surface area contributed by atoms with Crippen LogP contribution in [0.3, 0.4) is 0 Å². The summed E-state index contributed by atoms with van der Waals surface area (Å²) < 4.78 is 10.7. The third kappa shape index (κ3) is 3.70. The van der Waals surface area contributed by atoms with E-state index in [1.54, 1.807) is 0 Å². The standard InChI is InChI=1S/C8H16O3/c9-5-3-4-8-10-6-1-2-7-11-8/h8-9H,1-7H2. The SMILES string of the molecule is OCCCC1OCCCCO1. The average molecular weight is 160 g/mol. The quantitative estimate of drug-likeness (QED) is 0.667. The van der Waals surface area contributed by atoms with Gasteiger partial charge in [0.25, 0.3) is 0 Å². The van der Waals surface area contributed by atoms with Crippen LogP contribution in [-0.4, -0.2) is 31.2 Å². The molecule has 3 heteroatoms. The van der Waals surface area contributed by atoms with Crippen molar-refractivity contribution in [1.29, 1.82) is 0 Å². The highest BCUT2D eigenvalue weighted by atomic mass is 16.7. The highest BCUT2D eigenvalue weighted by Gasteiger charge is 2.11. The maximum Gasteiger partial charge on any atom is 0.157 e. The zero-order valence-corrected chi connectivity index (χ0v) is 6.79. The Morgan fingerprint density at radius 3 is 2.36 bits per heavy atom. The number of ether oxygens (including phenoxy) is 2. The Balaban J connectivity index is 2.09. The lowest BCUT2D eigenvalue weighted by atomic mass is 10.3. The van der Waals surface area contributed by atoms with Gasteiger partial charge in [0, 0.05) is 26.2 Å². The van der Waals surface area contributed by atoms with Crippen LogP contribution < -0.4 is 0 Å². The molecule has 0 bridgehead atoms. The Hall–Kier alpha value is -0.120. The lowest BCUT2D eigenvalue weighted by Gasteiger charge is -2.13. The number of aliphatic hydroxyl groups is 1. The van der Waals surface area contributed by atoms with E-state index in [-0.39, 0.29) is 12.9 Å². The average Bonchev–Trinajstić information content (AvgIpc) is 2.28. The summed E-state index contributed by atoms with van der Waals surface area (Å²) in [5, 5.41) is 8.56. The molecule has 0 aliphatic carbocycles. The topological polar surface area (TPSA) is 38.7 Å². The Morgan fingerprint density at radius 2 is 1.82 bits per heavy atom. The monoisotopic (exact) mass is 160 g/mol. The fourth-order valence-corrected chi connectivity index (χ4v) is 1.11. The molecular weight excluding hydrogens is 144 g/mol. The number of hydrogen-bond acceptors (Lipinski definition) is 3. The van der Waals surface area contributed by atoms with Crippen molar-refractivity contribution in [3.05, 3.63) is 0 Å². The van der Waals surface area contributed by atoms with Crippen LogP contribution in [0, 0.1) is 0 Å². The van der Waals surface area contributed by atoms with Crippen LogP contribution in [0.25, 0.3) is 0 Å². The second-order valence-electron chi connectivity index (χ2n) is 2.74. The Bertz CT molecular complexity index is 87.3. The fraction of sp³-hybridized carbons (Fsp3) is 1.00. The van der Waals surface area contributed by atoms with E-state index < -0.39 is 0 Å². The minimum Gasteiger partial charge on any atom is -0.396 e. The first-order valence-corrected chi connectivity index (χ1v) is 4.27. The molecule has 0 atom stereocenters. The maximum atomic E-state index is 8.56. The predicted octanol–water partition coefficient (Wildman–Crippen LogP) is 0.912. The smallest absolute Gasteiger partial charge is 0.157 e. The first kappa shape index (κ1) is 8.97. The number of aliphatic hydroxyl groups excluding tert-OH is 1. The van der Waals surface area contributed by atoms with Gasteiger partial charge in [0.05, 0.1) is 0 Å². The van der Waals surface area contributed by atoms with Crippen LogP contribution in [0.2, 0.25) is 0 Å². The van der Waals surface area contributed by atoms with Gasteiger partial charge in [-0.1, -0.05) is 0 Å². The van der Waals surface area contributed by atoms with Gasteiger partial charge in [-0.15, -0.1) is 0 Å². The van der Waals surface area contributed by atoms with E-state index in [0.29, 0.717) is 0 Å². The van der Waals surface area contributed by atoms with Gasteiger partial charge >= 0.3 is 0 Å². The van der Waals surface area contributed by atoms with E-state index in [1.807, 2.05) is 0 Å². The zero-order valence-electron chi connectivity index (χ0n) is 6.79. The molecule has 66 valence electrons. The molecule has 0 amide bonds. The largest absolute Gasteiger partial charge is 0.396 e. The van der Waals surface area contributed by atoms with Crippen LogP contribution in [-0.2, 0) is 9.47 Å². The van der Waals surface area contributed by atoms with Gasteiger partial charge in [-0.2, -0.15) is 0 Å². The minimum absolute atomic E-state index is 0.0651. The second-order valence-corrected chi connectivity index (χ2v) is 2.74. The molecule has 1 heterocycles. The molecule has 1 fully saturated rings. The molecule has 1 aliphatic rings. The van der Waals surface area contributed by atoms with Crippen molar-refractivity contribution in [2.24, 2.45) is 0 Å². The van der Waals surface area contributed by atoms with E-state index in [4.69, 9.17) is 14.6 Å². The highest BCUT2D eigenvalue weighted by Crippen LogP contribution is 2.10. The molecule has 3 nitrogen and oxygen atoms in total. The van der Waals surface area contributed by atoms with Crippen molar-refractivity contribution in [1.82, 2.24) is 0 Å². The van der Waals surface area contributed by atoms with Crippen LogP contribution >= 0.6 is 0 Å². The summed E-state index contributed by atoms with van der Waals surface area (Å²) in [6, 6.07) is 0. The third-order valence-electron chi connectivity index (χ3n) is 1.74. The summed E-state index contributed by atoms with van der Waals surface area (Å²) in [5.74, 6) is 0. The first-order valence-electron chi connectivity index (χ1n) is 4.27. The summed E-state index contributed by atoms with van der Waals surface area (Å²) in [6.45, 7) is 1.83. The van der Waals surface area contributed by atoms with Crippen LogP contribution in [0.4, 0.5) is 0 Å². The fourth-order valence-electron chi connectivity index (χ4n) is 1.11. The molecule has 1 rings (SSSR count). The van der Waals surface area contributed by atoms with E-state index >= 15 is 0 Å². The van der Waals surface area contributed by atoms with E-state index in [0.717, 1.165) is 38.9 Å². The molecule has 0 saturated carbocycles. The summed E-state index contributed by atoms with van der Waals surface area (Å²) in [5.41, 5.74) is 0. The van der Waals surface area contributed by atoms with Crippen molar-refractivity contribution in [3.8, 4) is 0 Å². The molecular formula is C8H16O3. The van der Waals surface area contributed by atoms with Gasteiger partial charge in [-0.25, -0.2) is 0 Å². The van der Waals surface area contributed by atoms with E-state index in [2.05, 4.69) is 0 Å². The molecule has 1 N–H and O–H groups in total.